The van der Waals surface area contributed by atoms with Crippen LogP contribution in [0.5, 0.6) is 40.6 Å². The number of ether oxygens (including phenoxy) is 6. The number of nitriles is 1. The van der Waals surface area contributed by atoms with Crippen LogP contribution in [0.15, 0.2) is 104 Å². The van der Waals surface area contributed by atoms with Gasteiger partial charge in [0.15, 0.2) is 11.9 Å². The van der Waals surface area contributed by atoms with E-state index in [1.165, 1.54) is 70.3 Å². The predicted octanol–water partition coefficient (Wildman–Crippen LogP) is 7.61. The lowest BCUT2D eigenvalue weighted by Gasteiger charge is -2.12. The van der Waals surface area contributed by atoms with Gasteiger partial charge in [-0.1, -0.05) is 41.9 Å². The van der Waals surface area contributed by atoms with Gasteiger partial charge in [0.05, 0.1) is 37.1 Å². The first-order valence-corrected chi connectivity index (χ1v) is 15.1. The maximum Gasteiger partial charge on any atom is 0.344 e. The molecule has 0 aliphatic rings. The summed E-state index contributed by atoms with van der Waals surface area (Å²) in [5, 5.41) is 18.1. The predicted molar refractivity (Wildman–Crippen MR) is 180 cm³/mol. The van der Waals surface area contributed by atoms with E-state index >= 15 is 0 Å². The van der Waals surface area contributed by atoms with Crippen molar-refractivity contribution in [1.29, 1.82) is 5.26 Å². The summed E-state index contributed by atoms with van der Waals surface area (Å²) in [5.41, 5.74) is 1.02. The molecule has 0 saturated carbocycles. The van der Waals surface area contributed by atoms with Gasteiger partial charge in [0.1, 0.15) is 41.0 Å². The summed E-state index contributed by atoms with van der Waals surface area (Å²) in [6, 6.07) is 24.4. The molecule has 5 aromatic rings. The maximum absolute atomic E-state index is 13.5. The van der Waals surface area contributed by atoms with Crippen LogP contribution in [-0.2, 0) is 19.1 Å². The number of rotatable bonds is 12. The van der Waals surface area contributed by atoms with Crippen molar-refractivity contribution in [2.24, 2.45) is 0 Å². The molecule has 0 aliphatic carbocycles. The summed E-state index contributed by atoms with van der Waals surface area (Å²) in [7, 11) is 2.71. The van der Waals surface area contributed by atoms with Gasteiger partial charge < -0.3 is 33.5 Å². The van der Waals surface area contributed by atoms with Gasteiger partial charge in [0, 0.05) is 11.8 Å². The topological polar surface area (TPSA) is 172 Å². The minimum atomic E-state index is -1.07. The Morgan fingerprint density at radius 2 is 1.51 bits per heavy atom. The number of carboxylic acid groups (broad SMARTS) is 1. The first-order valence-electron chi connectivity index (χ1n) is 14.7. The van der Waals surface area contributed by atoms with Crippen LogP contribution in [0.3, 0.4) is 0 Å². The minimum absolute atomic E-state index is 0.172. The lowest BCUT2D eigenvalue weighted by molar-refractivity contribution is -0.144. The molecule has 0 aliphatic heterocycles. The Bertz CT molecular complexity index is 2060. The van der Waals surface area contributed by atoms with Crippen LogP contribution in [0, 0.1) is 17.1 Å². The van der Waals surface area contributed by atoms with E-state index in [-0.39, 0.29) is 28.2 Å². The van der Waals surface area contributed by atoms with Crippen molar-refractivity contribution in [1.82, 2.24) is 15.0 Å². The van der Waals surface area contributed by atoms with Crippen LogP contribution in [0.1, 0.15) is 18.1 Å². The van der Waals surface area contributed by atoms with Gasteiger partial charge in [0.2, 0.25) is 11.8 Å². The fourth-order valence-electron chi connectivity index (χ4n) is 3.96. The standard InChI is InChI=1S/C22H17N3O5.C14H11ClFNO4/c1-27-13-17(22(26)28-2)16-8-4-6-10-19(16)30-21-11-20(24-14-25-21)29-18-9-5-3-7-15(18)12-23;1-8(14(18)19)20-10-2-4-11(5-3-10)21-13-12(16)6-9(15)7-17-13/h3-11,13-14H,1-2H3;2-8H,1H3,(H,18,19)/b17-13+;/t;8-/m.1/s1. The Labute approximate surface area is 296 Å². The van der Waals surface area contributed by atoms with Crippen molar-refractivity contribution in [3.63, 3.8) is 0 Å². The summed E-state index contributed by atoms with van der Waals surface area (Å²) < 4.78 is 45.3. The summed E-state index contributed by atoms with van der Waals surface area (Å²) in [5.74, 6) is -0.732. The number of aromatic nitrogens is 3. The zero-order chi connectivity index (χ0) is 36.8. The third-order valence-electron chi connectivity index (χ3n) is 6.34. The number of para-hydroxylation sites is 2. The minimum Gasteiger partial charge on any atom is -0.503 e. The number of methoxy groups -OCH3 is 2. The van der Waals surface area contributed by atoms with Crippen molar-refractivity contribution >= 4 is 29.1 Å². The van der Waals surface area contributed by atoms with Crippen LogP contribution >= 0.6 is 11.6 Å². The van der Waals surface area contributed by atoms with Gasteiger partial charge in [-0.05, 0) is 55.5 Å². The molecule has 1 atom stereocenters. The summed E-state index contributed by atoms with van der Waals surface area (Å²) in [6.07, 6.45) is 2.86. The largest absolute Gasteiger partial charge is 0.503 e. The van der Waals surface area contributed by atoms with Gasteiger partial charge in [-0.25, -0.2) is 28.9 Å². The van der Waals surface area contributed by atoms with Crippen LogP contribution in [-0.4, -0.2) is 52.3 Å². The molecule has 1 N–H and O–H groups in total. The van der Waals surface area contributed by atoms with Crippen molar-refractivity contribution < 1.29 is 47.5 Å². The van der Waals surface area contributed by atoms with Crippen LogP contribution in [0.4, 0.5) is 4.39 Å². The Morgan fingerprint density at radius 3 is 2.14 bits per heavy atom. The van der Waals surface area contributed by atoms with Crippen molar-refractivity contribution in [3.05, 3.63) is 126 Å². The van der Waals surface area contributed by atoms with Crippen LogP contribution < -0.4 is 18.9 Å². The Balaban J connectivity index is 0.000000244. The van der Waals surface area contributed by atoms with Crippen molar-refractivity contribution in [2.45, 2.75) is 13.0 Å². The van der Waals surface area contributed by atoms with E-state index in [4.69, 9.17) is 45.1 Å². The van der Waals surface area contributed by atoms with Gasteiger partial charge in [-0.3, -0.25) is 0 Å². The fourth-order valence-corrected chi connectivity index (χ4v) is 4.11. The van der Waals surface area contributed by atoms with Crippen molar-refractivity contribution in [3.8, 4) is 46.7 Å². The van der Waals surface area contributed by atoms with Gasteiger partial charge in [0.25, 0.3) is 5.88 Å². The van der Waals surface area contributed by atoms with Gasteiger partial charge in [-0.15, -0.1) is 0 Å². The van der Waals surface area contributed by atoms with E-state index in [1.807, 2.05) is 0 Å². The average molecular weight is 715 g/mol. The first kappa shape index (κ1) is 37.1. The molecule has 51 heavy (non-hydrogen) atoms. The van der Waals surface area contributed by atoms with Crippen LogP contribution in [0.25, 0.3) is 5.57 Å². The quantitative estimate of drug-likeness (QED) is 0.0761. The second-order valence-electron chi connectivity index (χ2n) is 9.87. The molecule has 2 aromatic heterocycles. The third kappa shape index (κ3) is 10.6. The lowest BCUT2D eigenvalue weighted by atomic mass is 10.1. The number of nitrogens with zero attached hydrogens (tertiary/aromatic N) is 4. The average Bonchev–Trinajstić information content (AvgIpc) is 3.13. The molecule has 0 spiro atoms. The van der Waals surface area contributed by atoms with Gasteiger partial charge >= 0.3 is 11.9 Å². The van der Waals surface area contributed by atoms with E-state index in [0.29, 0.717) is 34.1 Å². The maximum atomic E-state index is 13.5. The number of hydrogen-bond donors (Lipinski definition) is 1. The summed E-state index contributed by atoms with van der Waals surface area (Å²) in [6.45, 7) is 1.42. The highest BCUT2D eigenvalue weighted by atomic mass is 35.5. The smallest absolute Gasteiger partial charge is 0.344 e. The van der Waals surface area contributed by atoms with Crippen molar-refractivity contribution in [2.75, 3.05) is 14.2 Å². The molecule has 0 unspecified atom stereocenters. The molecule has 0 saturated heterocycles. The molecule has 260 valence electrons. The molecule has 0 amide bonds. The van der Waals surface area contributed by atoms with Gasteiger partial charge in [-0.2, -0.15) is 5.26 Å². The van der Waals surface area contributed by atoms with E-state index < -0.39 is 23.9 Å². The lowest BCUT2D eigenvalue weighted by Crippen LogP contribution is -2.22. The molecule has 13 nitrogen and oxygen atoms in total. The second kappa shape index (κ2) is 18.2. The normalized spacial score (nSPS) is 11.1. The number of esters is 1. The summed E-state index contributed by atoms with van der Waals surface area (Å²) >= 11 is 5.59. The molecule has 3 aromatic carbocycles. The zero-order valence-electron chi connectivity index (χ0n) is 27.2. The fraction of sp³-hybridized carbons (Fsp3) is 0.111. The third-order valence-corrected chi connectivity index (χ3v) is 6.55. The molecule has 0 bridgehead atoms. The first-order chi connectivity index (χ1) is 24.6. The SMILES string of the molecule is CO/C=C(/C(=O)OC)c1ccccc1Oc1cc(Oc2ccccc2C#N)ncn1.C[C@@H](Oc1ccc(Oc2ncc(Cl)cc2F)cc1)C(=O)O. The number of halogens is 2. The van der Waals surface area contributed by atoms with E-state index in [2.05, 4.69) is 21.0 Å². The molecular formula is C36H28ClFN4O9. The molecule has 5 rings (SSSR count). The number of hydrogen-bond acceptors (Lipinski definition) is 12. The highest BCUT2D eigenvalue weighted by molar-refractivity contribution is 6.30. The summed E-state index contributed by atoms with van der Waals surface area (Å²) in [4.78, 5) is 34.7. The number of benzene rings is 3. The Hall–Kier alpha value is -6.72. The molecule has 2 heterocycles. The molecule has 15 heteroatoms. The van der Waals surface area contributed by atoms with E-state index in [9.17, 15) is 19.2 Å². The highest BCUT2D eigenvalue weighted by Crippen LogP contribution is 2.32. The van der Waals surface area contributed by atoms with Crippen LogP contribution in [0.2, 0.25) is 5.02 Å². The highest BCUT2D eigenvalue weighted by Gasteiger charge is 2.19. The number of carboxylic acids is 1. The number of carbonyl (C=O) groups excluding carboxylic acids is 1. The van der Waals surface area contributed by atoms with E-state index in [0.717, 1.165) is 6.07 Å². The molecule has 0 fully saturated rings. The number of aliphatic carboxylic acids is 1. The Kier molecular flexibility index (Phi) is 13.2. The monoisotopic (exact) mass is 714 g/mol. The zero-order valence-corrected chi connectivity index (χ0v) is 27.9. The number of pyridine rings is 1. The second-order valence-corrected chi connectivity index (χ2v) is 10.3. The molecular weight excluding hydrogens is 687 g/mol. The Morgan fingerprint density at radius 1 is 0.882 bits per heavy atom. The molecule has 0 radical (unpaired) electrons. The number of carbonyl (C=O) groups is 2. The van der Waals surface area contributed by atoms with E-state index in [1.54, 1.807) is 48.5 Å².